The van der Waals surface area contributed by atoms with E-state index in [0.29, 0.717) is 0 Å². The lowest BCUT2D eigenvalue weighted by atomic mass is 10.1. The van der Waals surface area contributed by atoms with Crippen LogP contribution in [0, 0.1) is 0 Å². The van der Waals surface area contributed by atoms with Crippen molar-refractivity contribution in [3.8, 4) is 11.1 Å². The molecule has 0 saturated carbocycles. The lowest BCUT2D eigenvalue weighted by Crippen LogP contribution is -1.95. The van der Waals surface area contributed by atoms with Gasteiger partial charge in [-0.3, -0.25) is 0 Å². The van der Waals surface area contributed by atoms with Crippen LogP contribution >= 0.6 is 0 Å². The van der Waals surface area contributed by atoms with Gasteiger partial charge in [-0.15, -0.1) is 0 Å². The Morgan fingerprint density at radius 2 is 2.13 bits per heavy atom. The van der Waals surface area contributed by atoms with Crippen molar-refractivity contribution in [3.05, 3.63) is 78.4 Å². The maximum atomic E-state index is 11.1. The number of carboxylic acid groups (broad SMARTS) is 1. The van der Waals surface area contributed by atoms with Gasteiger partial charge in [0, 0.05) is 30.6 Å². The van der Waals surface area contributed by atoms with Crippen LogP contribution in [0.4, 0.5) is 0 Å². The fourth-order valence-electron chi connectivity index (χ4n) is 2.49. The van der Waals surface area contributed by atoms with Crippen molar-refractivity contribution in [1.29, 1.82) is 0 Å². The van der Waals surface area contributed by atoms with Crippen LogP contribution in [0.2, 0.25) is 0 Å². The number of carbonyl (C=O) groups is 1. The van der Waals surface area contributed by atoms with Gasteiger partial charge in [-0.05, 0) is 35.4 Å². The molecule has 1 aromatic carbocycles. The van der Waals surface area contributed by atoms with E-state index in [1.807, 2.05) is 53.4 Å². The number of allylic oxidation sites excluding steroid dienone is 5. The molecule has 116 valence electrons. The molecule has 1 aromatic heterocycles. The van der Waals surface area contributed by atoms with E-state index in [1.165, 1.54) is 0 Å². The Balaban J connectivity index is 1.95. The Bertz CT molecular complexity index is 825. The summed E-state index contributed by atoms with van der Waals surface area (Å²) in [7, 11) is 1.67. The first kappa shape index (κ1) is 14.9. The molecule has 0 atom stereocenters. The fourth-order valence-corrected chi connectivity index (χ4v) is 2.49. The van der Waals surface area contributed by atoms with Crippen LogP contribution in [0.25, 0.3) is 16.8 Å². The van der Waals surface area contributed by atoms with Crippen molar-refractivity contribution in [3.63, 3.8) is 0 Å². The molecule has 4 nitrogen and oxygen atoms in total. The SMILES string of the molecule is COC1=CC(n2ccc(-c3cccc(C(=O)O)c3)c2)=CC=CC1. The van der Waals surface area contributed by atoms with E-state index >= 15 is 0 Å². The highest BCUT2D eigenvalue weighted by Gasteiger charge is 2.08. The van der Waals surface area contributed by atoms with Crippen LogP contribution in [-0.4, -0.2) is 22.8 Å². The summed E-state index contributed by atoms with van der Waals surface area (Å²) in [6.45, 7) is 0. The number of ether oxygens (including phenoxy) is 1. The van der Waals surface area contributed by atoms with Crippen LogP contribution in [0.5, 0.6) is 0 Å². The molecule has 0 bridgehead atoms. The van der Waals surface area contributed by atoms with Crippen LogP contribution in [-0.2, 0) is 4.74 Å². The molecular weight excluding hydrogens is 290 g/mol. The second kappa shape index (κ2) is 6.40. The average molecular weight is 307 g/mol. The molecule has 2 aromatic rings. The number of methoxy groups -OCH3 is 1. The number of carboxylic acids is 1. The first-order valence-electron chi connectivity index (χ1n) is 7.31. The predicted molar refractivity (Wildman–Crippen MR) is 89.9 cm³/mol. The lowest BCUT2D eigenvalue weighted by Gasteiger charge is -2.06. The maximum absolute atomic E-state index is 11.1. The Morgan fingerprint density at radius 3 is 2.91 bits per heavy atom. The molecule has 0 aliphatic heterocycles. The van der Waals surface area contributed by atoms with E-state index in [1.54, 1.807) is 25.3 Å². The zero-order chi connectivity index (χ0) is 16.2. The van der Waals surface area contributed by atoms with Crippen molar-refractivity contribution in [2.24, 2.45) is 0 Å². The first-order chi connectivity index (χ1) is 11.2. The molecule has 0 spiro atoms. The van der Waals surface area contributed by atoms with E-state index in [4.69, 9.17) is 9.84 Å². The maximum Gasteiger partial charge on any atom is 0.335 e. The molecule has 0 saturated heterocycles. The molecule has 3 rings (SSSR count). The van der Waals surface area contributed by atoms with Gasteiger partial charge in [0.1, 0.15) is 5.76 Å². The number of rotatable bonds is 4. The van der Waals surface area contributed by atoms with Crippen molar-refractivity contribution in [2.75, 3.05) is 7.11 Å². The van der Waals surface area contributed by atoms with Gasteiger partial charge < -0.3 is 14.4 Å². The Morgan fingerprint density at radius 1 is 1.26 bits per heavy atom. The van der Waals surface area contributed by atoms with Gasteiger partial charge in [0.25, 0.3) is 0 Å². The summed E-state index contributed by atoms with van der Waals surface area (Å²) in [6.07, 6.45) is 12.8. The van der Waals surface area contributed by atoms with Gasteiger partial charge >= 0.3 is 5.97 Å². The Labute approximate surface area is 134 Å². The molecule has 1 N–H and O–H groups in total. The summed E-state index contributed by atoms with van der Waals surface area (Å²) in [6, 6.07) is 8.90. The van der Waals surface area contributed by atoms with Crippen molar-refractivity contribution >= 4 is 11.7 Å². The topological polar surface area (TPSA) is 51.5 Å². The van der Waals surface area contributed by atoms with E-state index in [-0.39, 0.29) is 5.56 Å². The van der Waals surface area contributed by atoms with Gasteiger partial charge in [0.15, 0.2) is 0 Å². The van der Waals surface area contributed by atoms with E-state index in [2.05, 4.69) is 0 Å². The minimum absolute atomic E-state index is 0.286. The second-order valence-corrected chi connectivity index (χ2v) is 5.23. The summed E-state index contributed by atoms with van der Waals surface area (Å²) < 4.78 is 7.34. The monoisotopic (exact) mass is 307 g/mol. The number of hydrogen-bond acceptors (Lipinski definition) is 2. The fraction of sp³-hybridized carbons (Fsp3) is 0.105. The van der Waals surface area contributed by atoms with E-state index in [9.17, 15) is 4.79 Å². The first-order valence-corrected chi connectivity index (χ1v) is 7.31. The zero-order valence-corrected chi connectivity index (χ0v) is 12.8. The highest BCUT2D eigenvalue weighted by atomic mass is 16.5. The molecular formula is C19H17NO3. The molecule has 0 radical (unpaired) electrons. The van der Waals surface area contributed by atoms with Crippen molar-refractivity contribution in [1.82, 2.24) is 4.57 Å². The third kappa shape index (κ3) is 3.26. The molecule has 0 fully saturated rings. The van der Waals surface area contributed by atoms with Gasteiger partial charge in [0.05, 0.1) is 12.7 Å². The van der Waals surface area contributed by atoms with Crippen molar-refractivity contribution in [2.45, 2.75) is 6.42 Å². The zero-order valence-electron chi connectivity index (χ0n) is 12.8. The summed E-state index contributed by atoms with van der Waals surface area (Å²) in [5.41, 5.74) is 3.13. The molecule has 0 unspecified atom stereocenters. The normalized spacial score (nSPS) is 14.0. The van der Waals surface area contributed by atoms with Gasteiger partial charge in [-0.2, -0.15) is 0 Å². The average Bonchev–Trinajstić information content (AvgIpc) is 2.94. The molecule has 1 heterocycles. The number of nitrogens with zero attached hydrogens (tertiary/aromatic N) is 1. The molecule has 1 aliphatic carbocycles. The molecule has 0 amide bonds. The third-order valence-corrected chi connectivity index (χ3v) is 3.73. The largest absolute Gasteiger partial charge is 0.501 e. The summed E-state index contributed by atoms with van der Waals surface area (Å²) >= 11 is 0. The second-order valence-electron chi connectivity index (χ2n) is 5.23. The van der Waals surface area contributed by atoms with Crippen molar-refractivity contribution < 1.29 is 14.6 Å². The highest BCUT2D eigenvalue weighted by Crippen LogP contribution is 2.24. The Kier molecular flexibility index (Phi) is 4.15. The summed E-state index contributed by atoms with van der Waals surface area (Å²) in [4.78, 5) is 11.1. The van der Waals surface area contributed by atoms with Gasteiger partial charge in [-0.25, -0.2) is 4.79 Å². The van der Waals surface area contributed by atoms with Crippen LogP contribution < -0.4 is 0 Å². The van der Waals surface area contributed by atoms with E-state index in [0.717, 1.165) is 29.0 Å². The smallest absolute Gasteiger partial charge is 0.335 e. The number of aromatic nitrogens is 1. The minimum atomic E-state index is -0.921. The molecule has 1 aliphatic rings. The summed E-state index contributed by atoms with van der Waals surface area (Å²) in [5.74, 6) is -0.0244. The van der Waals surface area contributed by atoms with Gasteiger partial charge in [-0.1, -0.05) is 24.3 Å². The van der Waals surface area contributed by atoms with E-state index < -0.39 is 5.97 Å². The predicted octanol–water partition coefficient (Wildman–Crippen LogP) is 4.18. The molecule has 4 heteroatoms. The standard InChI is InChI=1S/C19H17NO3/c1-23-18-8-3-2-7-17(12-18)20-10-9-16(13-20)14-5-4-6-15(11-14)19(21)22/h2-7,9-13H,8H2,1H3,(H,21,22). The quantitative estimate of drug-likeness (QED) is 0.921. The number of hydrogen-bond donors (Lipinski definition) is 1. The highest BCUT2D eigenvalue weighted by molar-refractivity contribution is 5.89. The van der Waals surface area contributed by atoms with Crippen LogP contribution in [0.1, 0.15) is 16.8 Å². The lowest BCUT2D eigenvalue weighted by molar-refractivity contribution is 0.0697. The number of aromatic carboxylic acids is 1. The minimum Gasteiger partial charge on any atom is -0.501 e. The van der Waals surface area contributed by atoms with Gasteiger partial charge in [0.2, 0.25) is 0 Å². The van der Waals surface area contributed by atoms with Crippen LogP contribution in [0.15, 0.2) is 72.8 Å². The summed E-state index contributed by atoms with van der Waals surface area (Å²) in [5, 5.41) is 9.11. The molecule has 23 heavy (non-hydrogen) atoms. The number of benzene rings is 1. The third-order valence-electron chi connectivity index (χ3n) is 3.73. The van der Waals surface area contributed by atoms with Crippen LogP contribution in [0.3, 0.4) is 0 Å². The Hall–Kier alpha value is -3.01.